The first kappa shape index (κ1) is 16.5. The molecule has 6 heteroatoms. The molecule has 1 aromatic carbocycles. The maximum Gasteiger partial charge on any atom is 0.347 e. The number of carbonyl (C=O) groups is 2. The van der Waals surface area contributed by atoms with Gasteiger partial charge >= 0.3 is 5.97 Å². The van der Waals surface area contributed by atoms with E-state index >= 15 is 0 Å². The van der Waals surface area contributed by atoms with Crippen LogP contribution in [0.5, 0.6) is 5.75 Å². The normalized spacial score (nSPS) is 11.8. The summed E-state index contributed by atoms with van der Waals surface area (Å²) in [6.07, 6.45) is -0.359. The topological polar surface area (TPSA) is 78.6 Å². The molecule has 0 fully saturated rings. The number of anilines is 1. The van der Waals surface area contributed by atoms with Gasteiger partial charge in [-0.2, -0.15) is 0 Å². The van der Waals surface area contributed by atoms with Gasteiger partial charge in [-0.05, 0) is 32.4 Å². The summed E-state index contributed by atoms with van der Waals surface area (Å²) in [6.45, 7) is 5.21. The Balaban J connectivity index is 3.12. The van der Waals surface area contributed by atoms with E-state index < -0.39 is 12.1 Å². The first-order valence-corrected chi connectivity index (χ1v) is 7.13. The minimum Gasteiger partial charge on any atom is -0.476 e. The number of nitrogen functional groups attached to an aromatic ring is 1. The molecule has 1 atom stereocenters. The molecule has 0 spiro atoms. The lowest BCUT2D eigenvalue weighted by Crippen LogP contribution is -2.29. The van der Waals surface area contributed by atoms with Crippen molar-refractivity contribution in [1.29, 1.82) is 0 Å². The van der Waals surface area contributed by atoms with E-state index in [2.05, 4.69) is 15.9 Å². The highest BCUT2D eigenvalue weighted by atomic mass is 79.9. The molecule has 0 saturated heterocycles. The SMILES string of the molecule is CCOC(=O)C(CC)Oc1c(N)cc(Br)cc1C(C)=O. The van der Waals surface area contributed by atoms with Crippen molar-refractivity contribution >= 4 is 33.4 Å². The number of rotatable bonds is 6. The fourth-order valence-electron chi connectivity index (χ4n) is 1.68. The van der Waals surface area contributed by atoms with Crippen LogP contribution in [0, 0.1) is 0 Å². The van der Waals surface area contributed by atoms with Crippen molar-refractivity contribution < 1.29 is 19.1 Å². The number of Topliss-reactive ketones (excluding diaryl/α,β-unsaturated/α-hetero) is 1. The Kier molecular flexibility index (Phi) is 6.01. The van der Waals surface area contributed by atoms with Crippen LogP contribution in [-0.4, -0.2) is 24.5 Å². The minimum atomic E-state index is -0.781. The zero-order chi connectivity index (χ0) is 15.3. The molecule has 2 N–H and O–H groups in total. The lowest BCUT2D eigenvalue weighted by molar-refractivity contribution is -0.151. The van der Waals surface area contributed by atoms with Crippen LogP contribution in [0.25, 0.3) is 0 Å². The molecule has 5 nitrogen and oxygen atoms in total. The van der Waals surface area contributed by atoms with Gasteiger partial charge in [0.15, 0.2) is 17.6 Å². The first-order valence-electron chi connectivity index (χ1n) is 6.33. The summed E-state index contributed by atoms with van der Waals surface area (Å²) >= 11 is 3.27. The molecule has 0 aliphatic heterocycles. The number of esters is 1. The van der Waals surface area contributed by atoms with Gasteiger partial charge < -0.3 is 15.2 Å². The van der Waals surface area contributed by atoms with E-state index in [1.54, 1.807) is 26.0 Å². The summed E-state index contributed by atoms with van der Waals surface area (Å²) in [5, 5.41) is 0. The molecule has 20 heavy (non-hydrogen) atoms. The van der Waals surface area contributed by atoms with Crippen LogP contribution in [0.3, 0.4) is 0 Å². The third-order valence-corrected chi connectivity index (χ3v) is 3.10. The van der Waals surface area contributed by atoms with Crippen LogP contribution in [-0.2, 0) is 9.53 Å². The highest BCUT2D eigenvalue weighted by molar-refractivity contribution is 9.10. The number of carbonyl (C=O) groups excluding carboxylic acids is 2. The monoisotopic (exact) mass is 343 g/mol. The van der Waals surface area contributed by atoms with Gasteiger partial charge in [0.1, 0.15) is 0 Å². The van der Waals surface area contributed by atoms with E-state index in [-0.39, 0.29) is 18.1 Å². The smallest absolute Gasteiger partial charge is 0.347 e. The average molecular weight is 344 g/mol. The van der Waals surface area contributed by atoms with Gasteiger partial charge in [0.2, 0.25) is 0 Å². The van der Waals surface area contributed by atoms with E-state index in [9.17, 15) is 9.59 Å². The minimum absolute atomic E-state index is 0.188. The Morgan fingerprint density at radius 2 is 2.00 bits per heavy atom. The molecule has 0 heterocycles. The maximum absolute atomic E-state index is 11.8. The van der Waals surface area contributed by atoms with Crippen LogP contribution in [0.2, 0.25) is 0 Å². The molecule has 0 saturated carbocycles. The van der Waals surface area contributed by atoms with E-state index in [1.165, 1.54) is 6.92 Å². The largest absolute Gasteiger partial charge is 0.476 e. The van der Waals surface area contributed by atoms with Crippen molar-refractivity contribution in [2.24, 2.45) is 0 Å². The number of hydrogen-bond acceptors (Lipinski definition) is 5. The van der Waals surface area contributed by atoms with Crippen LogP contribution < -0.4 is 10.5 Å². The summed E-state index contributed by atoms with van der Waals surface area (Å²) in [6, 6.07) is 3.24. The molecule has 0 radical (unpaired) electrons. The van der Waals surface area contributed by atoms with Gasteiger partial charge in [-0.1, -0.05) is 22.9 Å². The number of nitrogens with two attached hydrogens (primary N) is 1. The number of halogens is 1. The molecule has 0 aliphatic carbocycles. The van der Waals surface area contributed by atoms with Gasteiger partial charge in [-0.15, -0.1) is 0 Å². The quantitative estimate of drug-likeness (QED) is 0.488. The molecule has 110 valence electrons. The van der Waals surface area contributed by atoms with E-state index in [4.69, 9.17) is 15.2 Å². The lowest BCUT2D eigenvalue weighted by Gasteiger charge is -2.19. The van der Waals surface area contributed by atoms with Gasteiger partial charge in [-0.25, -0.2) is 4.79 Å². The molecule has 1 rings (SSSR count). The van der Waals surface area contributed by atoms with Crippen molar-refractivity contribution in [1.82, 2.24) is 0 Å². The van der Waals surface area contributed by atoms with Crippen LogP contribution in [0.4, 0.5) is 5.69 Å². The maximum atomic E-state index is 11.8. The Bertz CT molecular complexity index is 516. The molecule has 0 amide bonds. The number of hydrogen-bond donors (Lipinski definition) is 1. The van der Waals surface area contributed by atoms with Gasteiger partial charge in [0.05, 0.1) is 17.9 Å². The van der Waals surface area contributed by atoms with Crippen molar-refractivity contribution in [3.05, 3.63) is 22.2 Å². The van der Waals surface area contributed by atoms with E-state index in [1.807, 2.05) is 0 Å². The van der Waals surface area contributed by atoms with Crippen molar-refractivity contribution in [2.75, 3.05) is 12.3 Å². The van der Waals surface area contributed by atoms with Gasteiger partial charge in [0, 0.05) is 4.47 Å². The van der Waals surface area contributed by atoms with Crippen molar-refractivity contribution in [2.45, 2.75) is 33.3 Å². The second-order valence-electron chi connectivity index (χ2n) is 4.19. The first-order chi connectivity index (χ1) is 9.40. The Hall–Kier alpha value is -1.56. The second kappa shape index (κ2) is 7.28. The Morgan fingerprint density at radius 3 is 2.50 bits per heavy atom. The molecule has 0 aromatic heterocycles. The van der Waals surface area contributed by atoms with Crippen LogP contribution >= 0.6 is 15.9 Å². The number of benzene rings is 1. The average Bonchev–Trinajstić information content (AvgIpc) is 2.37. The third kappa shape index (κ3) is 3.96. The van der Waals surface area contributed by atoms with E-state index in [0.717, 1.165) is 0 Å². The molecule has 0 bridgehead atoms. The molecular formula is C14H18BrNO4. The number of ether oxygens (including phenoxy) is 2. The zero-order valence-electron chi connectivity index (χ0n) is 11.7. The Morgan fingerprint density at radius 1 is 1.35 bits per heavy atom. The zero-order valence-corrected chi connectivity index (χ0v) is 13.3. The summed E-state index contributed by atoms with van der Waals surface area (Å²) < 4.78 is 11.2. The standard InChI is InChI=1S/C14H18BrNO4/c1-4-12(14(18)19-5-2)20-13-10(8(3)17)6-9(15)7-11(13)16/h6-7,12H,4-5,16H2,1-3H3. The summed E-state index contributed by atoms with van der Waals surface area (Å²) in [4.78, 5) is 23.4. The molecular weight excluding hydrogens is 326 g/mol. The second-order valence-corrected chi connectivity index (χ2v) is 5.11. The molecule has 1 aromatic rings. The molecule has 0 aliphatic rings. The summed E-state index contributed by atoms with van der Waals surface area (Å²) in [5.74, 6) is -0.431. The van der Waals surface area contributed by atoms with Gasteiger partial charge in [0.25, 0.3) is 0 Å². The predicted octanol–water partition coefficient (Wildman–Crippen LogP) is 2.95. The van der Waals surface area contributed by atoms with Gasteiger partial charge in [-0.3, -0.25) is 4.79 Å². The fourth-order valence-corrected chi connectivity index (χ4v) is 2.16. The Labute approximate surface area is 126 Å². The van der Waals surface area contributed by atoms with Crippen molar-refractivity contribution in [3.63, 3.8) is 0 Å². The fraction of sp³-hybridized carbons (Fsp3) is 0.429. The summed E-state index contributed by atoms with van der Waals surface area (Å²) in [5.41, 5.74) is 6.51. The van der Waals surface area contributed by atoms with Crippen LogP contribution in [0.1, 0.15) is 37.6 Å². The number of ketones is 1. The molecule has 1 unspecified atom stereocenters. The summed E-state index contributed by atoms with van der Waals surface area (Å²) in [7, 11) is 0. The van der Waals surface area contributed by atoms with E-state index in [0.29, 0.717) is 22.1 Å². The predicted molar refractivity (Wildman–Crippen MR) is 79.9 cm³/mol. The van der Waals surface area contributed by atoms with Crippen LogP contribution in [0.15, 0.2) is 16.6 Å². The van der Waals surface area contributed by atoms with Crippen molar-refractivity contribution in [3.8, 4) is 5.75 Å². The highest BCUT2D eigenvalue weighted by Crippen LogP contribution is 2.32. The lowest BCUT2D eigenvalue weighted by atomic mass is 10.1. The highest BCUT2D eigenvalue weighted by Gasteiger charge is 2.23. The third-order valence-electron chi connectivity index (χ3n) is 2.64.